The van der Waals surface area contributed by atoms with Gasteiger partial charge in [-0.1, -0.05) is 33.5 Å². The molecule has 1 aliphatic carbocycles. The molecule has 158 valence electrons. The van der Waals surface area contributed by atoms with E-state index in [0.717, 1.165) is 0 Å². The quantitative estimate of drug-likeness (QED) is 0.540. The minimum absolute atomic E-state index is 0.0354. The first-order chi connectivity index (χ1) is 14.0. The molecule has 1 aliphatic rings. The van der Waals surface area contributed by atoms with Gasteiger partial charge in [0, 0.05) is 22.9 Å². The van der Waals surface area contributed by atoms with Crippen molar-refractivity contribution in [3.05, 3.63) is 65.5 Å². The lowest BCUT2D eigenvalue weighted by molar-refractivity contribution is -0.0964. The first kappa shape index (κ1) is 21.1. The Bertz CT molecular complexity index is 1120. The van der Waals surface area contributed by atoms with E-state index in [1.165, 1.54) is 26.1 Å². The molecular weight excluding hydrogens is 409 g/mol. The van der Waals surface area contributed by atoms with Crippen LogP contribution in [0.25, 0.3) is 22.3 Å². The first-order valence-corrected chi connectivity index (χ1v) is 10.1. The minimum atomic E-state index is -3.55. The fraction of sp³-hybridized carbons (Fsp3) is 0.318. The van der Waals surface area contributed by atoms with Crippen molar-refractivity contribution in [2.75, 3.05) is 6.61 Å². The largest absolute Gasteiger partial charge is 0.394 e. The van der Waals surface area contributed by atoms with E-state index in [1.807, 2.05) is 0 Å². The minimum Gasteiger partial charge on any atom is -0.394 e. The number of aliphatic hydroxyl groups excluding tert-OH is 1. The van der Waals surface area contributed by atoms with E-state index in [9.17, 15) is 19.0 Å². The molecule has 2 aromatic carbocycles. The number of rotatable bonds is 5. The highest BCUT2D eigenvalue weighted by Gasteiger charge is 2.57. The summed E-state index contributed by atoms with van der Waals surface area (Å²) in [4.78, 5) is 0. The standard InChI is InChI=1S/C22H23F2N2O3P/c1-20(2,28)17-9-13(14-11-25-26(12-14)7-8-27)10-18-19(17)15-5-3-4-6-16(15)21(18,29)22(23,24)30/h3-6,9-12,27-29H,7-8,30H2,1-2H3. The van der Waals surface area contributed by atoms with Crippen LogP contribution in [0.15, 0.2) is 48.8 Å². The van der Waals surface area contributed by atoms with Gasteiger partial charge in [0.15, 0.2) is 5.60 Å². The molecule has 0 fully saturated rings. The van der Waals surface area contributed by atoms with Gasteiger partial charge in [0.1, 0.15) is 0 Å². The summed E-state index contributed by atoms with van der Waals surface area (Å²) < 4.78 is 31.2. The summed E-state index contributed by atoms with van der Waals surface area (Å²) in [5.41, 5.74) is -4.86. The third kappa shape index (κ3) is 3.08. The number of halogens is 2. The molecule has 4 rings (SSSR count). The number of fused-ring (bicyclic) bond motifs is 3. The zero-order valence-corrected chi connectivity index (χ0v) is 17.8. The predicted octanol–water partition coefficient (Wildman–Crippen LogP) is 3.45. The fourth-order valence-corrected chi connectivity index (χ4v) is 4.44. The SMILES string of the molecule is CC(C)(O)c1cc(-c2cnn(CCO)c2)cc2c1-c1ccccc1C2(O)C(F)(F)P. The van der Waals surface area contributed by atoms with Crippen LogP contribution in [0.3, 0.4) is 0 Å². The van der Waals surface area contributed by atoms with Gasteiger partial charge in [-0.2, -0.15) is 13.9 Å². The van der Waals surface area contributed by atoms with Gasteiger partial charge in [0.25, 0.3) is 5.66 Å². The van der Waals surface area contributed by atoms with Crippen LogP contribution in [-0.4, -0.2) is 37.4 Å². The summed E-state index contributed by atoms with van der Waals surface area (Å²) in [5, 5.41) is 35.6. The molecule has 8 heteroatoms. The van der Waals surface area contributed by atoms with Gasteiger partial charge in [-0.3, -0.25) is 4.68 Å². The van der Waals surface area contributed by atoms with Crippen LogP contribution < -0.4 is 0 Å². The molecule has 0 saturated carbocycles. The number of alkyl halides is 2. The molecule has 3 N–H and O–H groups in total. The molecule has 0 bridgehead atoms. The van der Waals surface area contributed by atoms with Crippen molar-refractivity contribution in [3.63, 3.8) is 0 Å². The van der Waals surface area contributed by atoms with Crippen LogP contribution in [0.2, 0.25) is 0 Å². The molecule has 5 nitrogen and oxygen atoms in total. The maximum Gasteiger partial charge on any atom is 0.295 e. The zero-order chi connectivity index (χ0) is 21.9. The van der Waals surface area contributed by atoms with Crippen LogP contribution in [-0.2, 0) is 17.7 Å². The highest BCUT2D eigenvalue weighted by atomic mass is 31.0. The van der Waals surface area contributed by atoms with Gasteiger partial charge >= 0.3 is 0 Å². The lowest BCUT2D eigenvalue weighted by Gasteiger charge is -2.32. The Kier molecular flexibility index (Phi) is 4.86. The lowest BCUT2D eigenvalue weighted by atomic mass is 9.84. The van der Waals surface area contributed by atoms with Crippen molar-refractivity contribution in [2.45, 2.75) is 37.3 Å². The van der Waals surface area contributed by atoms with E-state index in [-0.39, 0.29) is 17.7 Å². The van der Waals surface area contributed by atoms with Crippen molar-refractivity contribution in [1.29, 1.82) is 0 Å². The molecular formula is C22H23F2N2O3P. The van der Waals surface area contributed by atoms with Gasteiger partial charge in [0.05, 0.1) is 24.9 Å². The summed E-state index contributed by atoms with van der Waals surface area (Å²) in [5.74, 6) is 0. The van der Waals surface area contributed by atoms with E-state index < -0.39 is 16.9 Å². The monoisotopic (exact) mass is 432 g/mol. The van der Waals surface area contributed by atoms with Gasteiger partial charge in [0.2, 0.25) is 0 Å². The fourth-order valence-electron chi connectivity index (χ4n) is 4.12. The number of hydrogen-bond acceptors (Lipinski definition) is 4. The molecule has 0 saturated heterocycles. The Morgan fingerprint density at radius 1 is 1.13 bits per heavy atom. The van der Waals surface area contributed by atoms with Crippen molar-refractivity contribution in [1.82, 2.24) is 9.78 Å². The number of aromatic nitrogens is 2. The second kappa shape index (κ2) is 6.92. The normalized spacial score (nSPS) is 18.4. The number of benzene rings is 2. The van der Waals surface area contributed by atoms with Crippen molar-refractivity contribution in [3.8, 4) is 22.3 Å². The maximum absolute atomic E-state index is 14.8. The van der Waals surface area contributed by atoms with Crippen molar-refractivity contribution < 1.29 is 24.1 Å². The Balaban J connectivity index is 2.05. The van der Waals surface area contributed by atoms with Gasteiger partial charge < -0.3 is 15.3 Å². The van der Waals surface area contributed by atoms with E-state index in [0.29, 0.717) is 34.4 Å². The molecule has 0 spiro atoms. The van der Waals surface area contributed by atoms with Crippen LogP contribution >= 0.6 is 9.24 Å². The Morgan fingerprint density at radius 3 is 2.47 bits per heavy atom. The van der Waals surface area contributed by atoms with Crippen LogP contribution in [0.1, 0.15) is 30.5 Å². The number of hydrogen-bond donors (Lipinski definition) is 3. The number of aliphatic hydroxyl groups is 3. The van der Waals surface area contributed by atoms with Crippen molar-refractivity contribution >= 4 is 9.24 Å². The Hall–Kier alpha value is -2.18. The third-order valence-corrected chi connectivity index (χ3v) is 5.97. The van der Waals surface area contributed by atoms with Gasteiger partial charge in [-0.15, -0.1) is 0 Å². The second-order valence-corrected chi connectivity index (χ2v) is 8.83. The molecule has 30 heavy (non-hydrogen) atoms. The molecule has 1 heterocycles. The summed E-state index contributed by atoms with van der Waals surface area (Å²) in [6, 6.07) is 9.76. The molecule has 0 radical (unpaired) electrons. The average molecular weight is 432 g/mol. The van der Waals surface area contributed by atoms with Gasteiger partial charge in [-0.25, -0.2) is 0 Å². The first-order valence-electron chi connectivity index (χ1n) is 9.52. The summed E-state index contributed by atoms with van der Waals surface area (Å²) >= 11 is 0. The molecule has 2 unspecified atom stereocenters. The smallest absolute Gasteiger partial charge is 0.295 e. The predicted molar refractivity (Wildman–Crippen MR) is 113 cm³/mol. The second-order valence-electron chi connectivity index (χ2n) is 8.10. The third-order valence-electron chi connectivity index (χ3n) is 5.55. The van der Waals surface area contributed by atoms with E-state index in [4.69, 9.17) is 5.11 Å². The van der Waals surface area contributed by atoms with Gasteiger partial charge in [-0.05, 0) is 48.2 Å². The Morgan fingerprint density at radius 2 is 1.83 bits per heavy atom. The van der Waals surface area contributed by atoms with Crippen LogP contribution in [0.5, 0.6) is 0 Å². The maximum atomic E-state index is 14.8. The Labute approximate surface area is 175 Å². The van der Waals surface area contributed by atoms with Crippen LogP contribution in [0, 0.1) is 0 Å². The van der Waals surface area contributed by atoms with E-state index in [1.54, 1.807) is 50.5 Å². The molecule has 1 aromatic heterocycles. The summed E-state index contributed by atoms with van der Waals surface area (Å²) in [6.45, 7) is 3.37. The topological polar surface area (TPSA) is 78.5 Å². The highest BCUT2D eigenvalue weighted by Crippen LogP contribution is 2.58. The summed E-state index contributed by atoms with van der Waals surface area (Å²) in [6.07, 6.45) is 3.25. The molecule has 3 aromatic rings. The highest BCUT2D eigenvalue weighted by molar-refractivity contribution is 7.18. The molecule has 0 amide bonds. The lowest BCUT2D eigenvalue weighted by Crippen LogP contribution is -2.40. The van der Waals surface area contributed by atoms with Crippen LogP contribution in [0.4, 0.5) is 8.78 Å². The average Bonchev–Trinajstić information content (AvgIpc) is 3.23. The number of nitrogens with zero attached hydrogens (tertiary/aromatic N) is 2. The molecule has 2 atom stereocenters. The zero-order valence-electron chi connectivity index (χ0n) is 16.6. The van der Waals surface area contributed by atoms with E-state index in [2.05, 4.69) is 5.10 Å². The summed E-state index contributed by atoms with van der Waals surface area (Å²) in [7, 11) is 1.45. The molecule has 0 aliphatic heterocycles. The van der Waals surface area contributed by atoms with E-state index >= 15 is 0 Å². The van der Waals surface area contributed by atoms with Crippen molar-refractivity contribution in [2.24, 2.45) is 0 Å².